The molecule has 1 aliphatic heterocycles. The number of likely N-dealkylation sites (tertiary alicyclic amines) is 1. The quantitative estimate of drug-likeness (QED) is 0.796. The number of hydrogen-bond donors (Lipinski definition) is 0. The van der Waals surface area contributed by atoms with Gasteiger partial charge in [0.15, 0.2) is 0 Å². The third-order valence-corrected chi connectivity index (χ3v) is 4.67. The van der Waals surface area contributed by atoms with Crippen molar-refractivity contribution < 1.29 is 14.3 Å². The molecule has 1 saturated heterocycles. The predicted octanol–water partition coefficient (Wildman–Crippen LogP) is 3.52. The smallest absolute Gasteiger partial charge is 0.338 e. The number of ether oxygens (including phenoxy) is 1. The molecule has 2 aromatic rings. The molecule has 1 atom stereocenters. The zero-order valence-electron chi connectivity index (χ0n) is 14.6. The Hall–Kier alpha value is -3.13. The third-order valence-electron chi connectivity index (χ3n) is 4.67. The molecular formula is C21H20N2O3. The number of esters is 1. The maximum atomic E-state index is 12.7. The third kappa shape index (κ3) is 3.60. The van der Waals surface area contributed by atoms with E-state index in [0.29, 0.717) is 24.2 Å². The van der Waals surface area contributed by atoms with Gasteiger partial charge in [0.2, 0.25) is 0 Å². The van der Waals surface area contributed by atoms with Crippen molar-refractivity contribution in [3.63, 3.8) is 0 Å². The van der Waals surface area contributed by atoms with Crippen LogP contribution in [-0.4, -0.2) is 37.0 Å². The van der Waals surface area contributed by atoms with Gasteiger partial charge < -0.3 is 9.64 Å². The minimum atomic E-state index is -0.392. The lowest BCUT2D eigenvalue weighted by Crippen LogP contribution is -2.39. The summed E-state index contributed by atoms with van der Waals surface area (Å²) in [5.74, 6) is -0.534. The molecule has 0 saturated carbocycles. The lowest BCUT2D eigenvalue weighted by atomic mass is 9.97. The first-order valence-corrected chi connectivity index (χ1v) is 8.60. The van der Waals surface area contributed by atoms with Crippen LogP contribution < -0.4 is 0 Å². The first-order chi connectivity index (χ1) is 12.6. The van der Waals surface area contributed by atoms with Gasteiger partial charge >= 0.3 is 5.97 Å². The van der Waals surface area contributed by atoms with Gasteiger partial charge in [0.1, 0.15) is 0 Å². The first kappa shape index (κ1) is 17.7. The largest absolute Gasteiger partial charge is 0.465 e. The van der Waals surface area contributed by atoms with E-state index in [1.165, 1.54) is 7.11 Å². The number of rotatable bonds is 3. The number of carbonyl (C=O) groups excluding carboxylic acids is 2. The van der Waals surface area contributed by atoms with Crippen molar-refractivity contribution in [2.24, 2.45) is 5.92 Å². The number of benzene rings is 2. The van der Waals surface area contributed by atoms with Crippen LogP contribution in [0.5, 0.6) is 0 Å². The standard InChI is InChI=1S/C21H20N2O3/c1-26-21(25)19-7-3-2-6-18(19)16-8-10-17(11-9-16)20(24)23-12-4-5-15(13-22)14-23/h2-3,6-11,15H,4-5,12,14H2,1H3/t15-/m0/s1. The molecule has 2 aromatic carbocycles. The Morgan fingerprint density at radius 3 is 2.58 bits per heavy atom. The predicted molar refractivity (Wildman–Crippen MR) is 97.5 cm³/mol. The molecule has 1 aliphatic rings. The molecule has 3 rings (SSSR count). The Balaban J connectivity index is 1.82. The van der Waals surface area contributed by atoms with Crippen molar-refractivity contribution >= 4 is 11.9 Å². The fraction of sp³-hybridized carbons (Fsp3) is 0.286. The number of piperidine rings is 1. The lowest BCUT2D eigenvalue weighted by molar-refractivity contribution is 0.0601. The molecule has 5 nitrogen and oxygen atoms in total. The topological polar surface area (TPSA) is 70.4 Å². The van der Waals surface area contributed by atoms with Gasteiger partial charge in [-0.3, -0.25) is 4.79 Å². The summed E-state index contributed by atoms with van der Waals surface area (Å²) in [6.45, 7) is 1.17. The van der Waals surface area contributed by atoms with Gasteiger partial charge in [-0.15, -0.1) is 0 Å². The zero-order valence-corrected chi connectivity index (χ0v) is 14.6. The average Bonchev–Trinajstić information content (AvgIpc) is 2.72. The Labute approximate surface area is 152 Å². The number of amides is 1. The molecule has 1 amide bonds. The summed E-state index contributed by atoms with van der Waals surface area (Å²) in [4.78, 5) is 26.4. The minimum Gasteiger partial charge on any atom is -0.465 e. The van der Waals surface area contributed by atoms with E-state index in [2.05, 4.69) is 6.07 Å². The fourth-order valence-electron chi connectivity index (χ4n) is 3.26. The van der Waals surface area contributed by atoms with E-state index in [0.717, 1.165) is 24.0 Å². The molecule has 132 valence electrons. The van der Waals surface area contributed by atoms with Crippen LogP contribution in [0.1, 0.15) is 33.6 Å². The molecule has 0 aliphatic carbocycles. The Morgan fingerprint density at radius 2 is 1.88 bits per heavy atom. The number of carbonyl (C=O) groups is 2. The lowest BCUT2D eigenvalue weighted by Gasteiger charge is -2.29. The molecule has 1 fully saturated rings. The van der Waals surface area contributed by atoms with Crippen LogP contribution in [0.25, 0.3) is 11.1 Å². The summed E-state index contributed by atoms with van der Waals surface area (Å²) in [5, 5.41) is 9.09. The van der Waals surface area contributed by atoms with E-state index >= 15 is 0 Å². The van der Waals surface area contributed by atoms with E-state index in [-0.39, 0.29) is 11.8 Å². The van der Waals surface area contributed by atoms with Crippen LogP contribution in [0.2, 0.25) is 0 Å². The Bertz CT molecular complexity index is 852. The van der Waals surface area contributed by atoms with E-state index < -0.39 is 5.97 Å². The molecule has 0 bridgehead atoms. The van der Waals surface area contributed by atoms with Crippen LogP contribution in [0.4, 0.5) is 0 Å². The van der Waals surface area contributed by atoms with Crippen molar-refractivity contribution in [3.05, 3.63) is 59.7 Å². The van der Waals surface area contributed by atoms with Gasteiger partial charge in [0.05, 0.1) is 24.7 Å². The van der Waals surface area contributed by atoms with Gasteiger partial charge in [0.25, 0.3) is 5.91 Å². The van der Waals surface area contributed by atoms with Crippen molar-refractivity contribution in [2.45, 2.75) is 12.8 Å². The monoisotopic (exact) mass is 348 g/mol. The molecule has 0 radical (unpaired) electrons. The van der Waals surface area contributed by atoms with E-state index in [1.807, 2.05) is 24.3 Å². The van der Waals surface area contributed by atoms with Crippen molar-refractivity contribution in [2.75, 3.05) is 20.2 Å². The average molecular weight is 348 g/mol. The maximum absolute atomic E-state index is 12.7. The molecule has 1 heterocycles. The fourth-order valence-corrected chi connectivity index (χ4v) is 3.26. The second-order valence-corrected chi connectivity index (χ2v) is 6.33. The van der Waals surface area contributed by atoms with Gasteiger partial charge in [-0.1, -0.05) is 30.3 Å². The molecule has 26 heavy (non-hydrogen) atoms. The number of nitriles is 1. The Morgan fingerprint density at radius 1 is 1.15 bits per heavy atom. The van der Waals surface area contributed by atoms with Crippen LogP contribution in [-0.2, 0) is 4.74 Å². The Kier molecular flexibility index (Phi) is 5.33. The highest BCUT2D eigenvalue weighted by atomic mass is 16.5. The molecule has 0 spiro atoms. The molecule has 5 heteroatoms. The number of nitrogens with zero attached hydrogens (tertiary/aromatic N) is 2. The first-order valence-electron chi connectivity index (χ1n) is 8.60. The van der Waals surface area contributed by atoms with E-state index in [9.17, 15) is 9.59 Å². The highest BCUT2D eigenvalue weighted by Crippen LogP contribution is 2.25. The second kappa shape index (κ2) is 7.83. The minimum absolute atomic E-state index is 0.0576. The van der Waals surface area contributed by atoms with Gasteiger partial charge in [-0.2, -0.15) is 5.26 Å². The summed E-state index contributed by atoms with van der Waals surface area (Å²) in [6, 6.07) is 16.7. The van der Waals surface area contributed by atoms with Crippen LogP contribution >= 0.6 is 0 Å². The SMILES string of the molecule is COC(=O)c1ccccc1-c1ccc(C(=O)N2CCC[C@@H](C#N)C2)cc1. The summed E-state index contributed by atoms with van der Waals surface area (Å²) < 4.78 is 4.83. The number of hydrogen-bond acceptors (Lipinski definition) is 4. The van der Waals surface area contributed by atoms with Crippen molar-refractivity contribution in [3.8, 4) is 17.2 Å². The molecule has 0 N–H and O–H groups in total. The molecule has 0 unspecified atom stereocenters. The number of methoxy groups -OCH3 is 1. The van der Waals surface area contributed by atoms with Gasteiger partial charge in [-0.05, 0) is 42.2 Å². The zero-order chi connectivity index (χ0) is 18.5. The summed E-state index contributed by atoms with van der Waals surface area (Å²) in [6.07, 6.45) is 1.71. The van der Waals surface area contributed by atoms with E-state index in [1.54, 1.807) is 29.2 Å². The van der Waals surface area contributed by atoms with Crippen LogP contribution in [0, 0.1) is 17.2 Å². The summed E-state index contributed by atoms with van der Waals surface area (Å²) >= 11 is 0. The van der Waals surface area contributed by atoms with Gasteiger partial charge in [-0.25, -0.2) is 4.79 Å². The van der Waals surface area contributed by atoms with E-state index in [4.69, 9.17) is 10.00 Å². The highest BCUT2D eigenvalue weighted by Gasteiger charge is 2.24. The van der Waals surface area contributed by atoms with Crippen LogP contribution in [0.3, 0.4) is 0 Å². The molecule has 0 aromatic heterocycles. The normalized spacial score (nSPS) is 16.6. The molecular weight excluding hydrogens is 328 g/mol. The van der Waals surface area contributed by atoms with Crippen molar-refractivity contribution in [1.29, 1.82) is 5.26 Å². The summed E-state index contributed by atoms with van der Waals surface area (Å²) in [7, 11) is 1.36. The summed E-state index contributed by atoms with van der Waals surface area (Å²) in [5.41, 5.74) is 2.68. The van der Waals surface area contributed by atoms with Crippen molar-refractivity contribution in [1.82, 2.24) is 4.90 Å². The van der Waals surface area contributed by atoms with Gasteiger partial charge in [0, 0.05) is 18.7 Å². The van der Waals surface area contributed by atoms with Crippen LogP contribution in [0.15, 0.2) is 48.5 Å². The second-order valence-electron chi connectivity index (χ2n) is 6.33. The highest BCUT2D eigenvalue weighted by molar-refractivity contribution is 5.98. The maximum Gasteiger partial charge on any atom is 0.338 e.